The van der Waals surface area contributed by atoms with Crippen LogP contribution in [0.5, 0.6) is 0 Å². The van der Waals surface area contributed by atoms with E-state index >= 15 is 0 Å². The lowest BCUT2D eigenvalue weighted by atomic mass is 9.36. The first-order valence-electron chi connectivity index (χ1n) is 7.43. The lowest BCUT2D eigenvalue weighted by molar-refractivity contribution is 0.550. The predicted octanol–water partition coefficient (Wildman–Crippen LogP) is 3.32. The summed E-state index contributed by atoms with van der Waals surface area (Å²) in [4.78, 5) is 0. The molecule has 9 heteroatoms. The fourth-order valence-corrected chi connectivity index (χ4v) is 2.88. The first-order valence-corrected chi connectivity index (χ1v) is 7.43. The first kappa shape index (κ1) is 18.9. The Labute approximate surface area is 148 Å². The van der Waals surface area contributed by atoms with E-state index < -0.39 is 69.6 Å². The molecule has 0 radical (unpaired) electrons. The molecular weight excluding hydrogens is 379 g/mol. The van der Waals surface area contributed by atoms with Gasteiger partial charge in [0.15, 0.2) is 0 Å². The standard InChI is InChI=1S/C18H7BF8/c20-8-4-12(24)17(13(25)5-8)19(16-10(22)2-1-3-11(16)23)18-14(26)6-9(21)7-15(18)27/h1-7H. The van der Waals surface area contributed by atoms with Crippen molar-refractivity contribution in [3.05, 3.63) is 89.0 Å². The molecule has 0 aliphatic rings. The van der Waals surface area contributed by atoms with Crippen LogP contribution >= 0.6 is 0 Å². The summed E-state index contributed by atoms with van der Waals surface area (Å²) in [5, 5.41) is 0. The molecule has 0 amide bonds. The summed E-state index contributed by atoms with van der Waals surface area (Å²) in [7, 11) is 0. The fraction of sp³-hybridized carbons (Fsp3) is 0. The van der Waals surface area contributed by atoms with Crippen molar-refractivity contribution in [2.24, 2.45) is 0 Å². The molecule has 3 aromatic carbocycles. The minimum atomic E-state index is -2.31. The Morgan fingerprint density at radius 1 is 0.444 bits per heavy atom. The summed E-state index contributed by atoms with van der Waals surface area (Å²) < 4.78 is 112. The summed E-state index contributed by atoms with van der Waals surface area (Å²) in [5.41, 5.74) is -3.46. The van der Waals surface area contributed by atoms with Crippen molar-refractivity contribution in [2.45, 2.75) is 0 Å². The van der Waals surface area contributed by atoms with Crippen molar-refractivity contribution in [3.63, 3.8) is 0 Å². The molecule has 27 heavy (non-hydrogen) atoms. The van der Waals surface area contributed by atoms with Crippen molar-refractivity contribution < 1.29 is 35.1 Å². The SMILES string of the molecule is Fc1cc(F)c(B(c2c(F)cccc2F)c2c(F)cc(F)cc2F)c(F)c1. The average Bonchev–Trinajstić information content (AvgIpc) is 2.52. The van der Waals surface area contributed by atoms with Gasteiger partial charge in [-0.1, -0.05) is 6.07 Å². The molecule has 0 heterocycles. The molecule has 0 bridgehead atoms. The fourth-order valence-electron chi connectivity index (χ4n) is 2.88. The Morgan fingerprint density at radius 2 is 0.741 bits per heavy atom. The van der Waals surface area contributed by atoms with Gasteiger partial charge in [-0.05, 0) is 12.1 Å². The van der Waals surface area contributed by atoms with Crippen LogP contribution in [0.3, 0.4) is 0 Å². The molecule has 3 rings (SSSR count). The highest BCUT2D eigenvalue weighted by molar-refractivity contribution is 6.95. The Kier molecular flexibility index (Phi) is 4.95. The molecule has 0 aromatic heterocycles. The van der Waals surface area contributed by atoms with E-state index in [0.29, 0.717) is 12.1 Å². The molecule has 3 aromatic rings. The maximum absolute atomic E-state index is 14.3. The van der Waals surface area contributed by atoms with Gasteiger partial charge in [-0.2, -0.15) is 0 Å². The second-order valence-corrected chi connectivity index (χ2v) is 5.63. The van der Waals surface area contributed by atoms with E-state index in [4.69, 9.17) is 0 Å². The molecule has 0 aliphatic carbocycles. The minimum absolute atomic E-state index is 0.198. The summed E-state index contributed by atoms with van der Waals surface area (Å²) in [6.07, 6.45) is 0. The van der Waals surface area contributed by atoms with Crippen molar-refractivity contribution in [1.82, 2.24) is 0 Å². The predicted molar refractivity (Wildman–Crippen MR) is 83.6 cm³/mol. The van der Waals surface area contributed by atoms with Crippen LogP contribution in [0.1, 0.15) is 0 Å². The van der Waals surface area contributed by atoms with Crippen LogP contribution < -0.4 is 16.4 Å². The molecule has 0 nitrogen and oxygen atoms in total. The highest BCUT2D eigenvalue weighted by Crippen LogP contribution is 2.13. The molecule has 0 saturated heterocycles. The molecule has 0 aliphatic heterocycles. The van der Waals surface area contributed by atoms with Gasteiger partial charge in [0.25, 0.3) is 6.71 Å². The van der Waals surface area contributed by atoms with E-state index in [9.17, 15) is 35.1 Å². The third kappa shape index (κ3) is 3.41. The van der Waals surface area contributed by atoms with Crippen LogP contribution in [-0.2, 0) is 0 Å². The zero-order valence-corrected chi connectivity index (χ0v) is 13.1. The van der Waals surface area contributed by atoms with Gasteiger partial charge in [-0.25, -0.2) is 35.1 Å². The van der Waals surface area contributed by atoms with Crippen LogP contribution in [0.2, 0.25) is 0 Å². The Bertz CT molecular complexity index is 910. The van der Waals surface area contributed by atoms with Crippen LogP contribution in [-0.4, -0.2) is 6.71 Å². The lowest BCUT2D eigenvalue weighted by Gasteiger charge is -2.19. The van der Waals surface area contributed by atoms with Gasteiger partial charge in [0, 0.05) is 40.7 Å². The van der Waals surface area contributed by atoms with Crippen molar-refractivity contribution in [2.75, 3.05) is 0 Å². The Morgan fingerprint density at radius 3 is 1.07 bits per heavy atom. The topological polar surface area (TPSA) is 0 Å². The molecule has 138 valence electrons. The maximum atomic E-state index is 14.3. The number of halogens is 8. The molecule has 0 saturated carbocycles. The Balaban J connectivity index is 2.44. The smallest absolute Gasteiger partial charge is 0.207 e. The van der Waals surface area contributed by atoms with Gasteiger partial charge in [0.2, 0.25) is 0 Å². The third-order valence-corrected chi connectivity index (χ3v) is 3.95. The van der Waals surface area contributed by atoms with Crippen molar-refractivity contribution >= 4 is 23.1 Å². The monoisotopic (exact) mass is 386 g/mol. The lowest BCUT2D eigenvalue weighted by Crippen LogP contribution is -2.59. The normalized spacial score (nSPS) is 11.0. The zero-order valence-electron chi connectivity index (χ0n) is 13.1. The third-order valence-electron chi connectivity index (χ3n) is 3.95. The second-order valence-electron chi connectivity index (χ2n) is 5.63. The summed E-state index contributed by atoms with van der Waals surface area (Å²) in [6.45, 7) is -2.31. The molecular formula is C18H7BF8. The van der Waals surface area contributed by atoms with Crippen molar-refractivity contribution in [1.29, 1.82) is 0 Å². The quantitative estimate of drug-likeness (QED) is 0.479. The maximum Gasteiger partial charge on any atom is 0.264 e. The summed E-state index contributed by atoms with van der Waals surface area (Å²) in [5.74, 6) is -11.9. The largest absolute Gasteiger partial charge is 0.264 e. The molecule has 0 N–H and O–H groups in total. The number of benzene rings is 3. The minimum Gasteiger partial charge on any atom is -0.207 e. The van der Waals surface area contributed by atoms with E-state index in [1.165, 1.54) is 0 Å². The van der Waals surface area contributed by atoms with Gasteiger partial charge in [0.05, 0.1) is 0 Å². The van der Waals surface area contributed by atoms with E-state index in [2.05, 4.69) is 0 Å². The van der Waals surface area contributed by atoms with E-state index in [-0.39, 0.29) is 24.3 Å². The van der Waals surface area contributed by atoms with Gasteiger partial charge < -0.3 is 0 Å². The second kappa shape index (κ2) is 7.05. The van der Waals surface area contributed by atoms with E-state index in [0.717, 1.165) is 6.07 Å². The highest BCUT2D eigenvalue weighted by Gasteiger charge is 2.37. The van der Waals surface area contributed by atoms with Crippen LogP contribution in [0, 0.1) is 46.5 Å². The molecule has 0 spiro atoms. The zero-order chi connectivity index (χ0) is 19.9. The van der Waals surface area contributed by atoms with Gasteiger partial charge in [0.1, 0.15) is 46.5 Å². The van der Waals surface area contributed by atoms with Crippen LogP contribution in [0.25, 0.3) is 0 Å². The molecule has 0 fully saturated rings. The van der Waals surface area contributed by atoms with Crippen LogP contribution in [0.15, 0.2) is 42.5 Å². The first-order chi connectivity index (χ1) is 12.7. The van der Waals surface area contributed by atoms with Gasteiger partial charge in [-0.3, -0.25) is 0 Å². The van der Waals surface area contributed by atoms with Gasteiger partial charge >= 0.3 is 0 Å². The molecule has 0 unspecified atom stereocenters. The number of rotatable bonds is 3. The average molecular weight is 386 g/mol. The Hall–Kier alpha value is -2.84. The molecule has 0 atom stereocenters. The van der Waals surface area contributed by atoms with Crippen LogP contribution in [0.4, 0.5) is 35.1 Å². The van der Waals surface area contributed by atoms with E-state index in [1.807, 2.05) is 0 Å². The van der Waals surface area contributed by atoms with Crippen molar-refractivity contribution in [3.8, 4) is 0 Å². The summed E-state index contributed by atoms with van der Waals surface area (Å²) >= 11 is 0. The number of hydrogen-bond donors (Lipinski definition) is 0. The summed E-state index contributed by atoms with van der Waals surface area (Å²) in [6, 6.07) is 3.15. The van der Waals surface area contributed by atoms with Gasteiger partial charge in [-0.15, -0.1) is 0 Å². The number of hydrogen-bond acceptors (Lipinski definition) is 0. The van der Waals surface area contributed by atoms with E-state index in [1.54, 1.807) is 0 Å². The highest BCUT2D eigenvalue weighted by atomic mass is 19.2.